The number of thioether (sulfide) groups is 1. The monoisotopic (exact) mass is 316 g/mol. The normalized spacial score (nSPS) is 11.9. The molecule has 0 aliphatic rings. The van der Waals surface area contributed by atoms with E-state index in [1.54, 1.807) is 18.9 Å². The summed E-state index contributed by atoms with van der Waals surface area (Å²) in [6.45, 7) is 0.108. The lowest BCUT2D eigenvalue weighted by Gasteiger charge is -2.16. The molecule has 3 nitrogen and oxygen atoms in total. The van der Waals surface area contributed by atoms with Gasteiger partial charge in [-0.25, -0.2) is 0 Å². The van der Waals surface area contributed by atoms with Gasteiger partial charge in [-0.3, -0.25) is 4.79 Å². The van der Waals surface area contributed by atoms with Crippen LogP contribution in [0.1, 0.15) is 27.6 Å². The van der Waals surface area contributed by atoms with Crippen LogP contribution in [0.4, 0.5) is 0 Å². The number of rotatable bonds is 8. The minimum Gasteiger partial charge on any atom is -0.497 e. The van der Waals surface area contributed by atoms with Gasteiger partial charge in [0, 0.05) is 23.0 Å². The maximum atomic E-state index is 12.4. The number of methoxy groups -OCH3 is 1. The first-order chi connectivity index (χ1) is 10.7. The SMILES string of the molecule is COc1ccc([C@@H](CC(=O)c2ccccc2)SCCO)cc1. The fraction of sp³-hybridized carbons (Fsp3) is 0.278. The highest BCUT2D eigenvalue weighted by Crippen LogP contribution is 2.34. The molecule has 116 valence electrons. The van der Waals surface area contributed by atoms with Gasteiger partial charge >= 0.3 is 0 Å². The van der Waals surface area contributed by atoms with Crippen LogP contribution in [0, 0.1) is 0 Å². The van der Waals surface area contributed by atoms with Gasteiger partial charge in [0.1, 0.15) is 5.75 Å². The predicted molar refractivity (Wildman–Crippen MR) is 90.7 cm³/mol. The number of carbonyl (C=O) groups is 1. The molecule has 22 heavy (non-hydrogen) atoms. The van der Waals surface area contributed by atoms with Crippen molar-refractivity contribution in [2.24, 2.45) is 0 Å². The first-order valence-corrected chi connectivity index (χ1v) is 8.24. The number of hydrogen-bond acceptors (Lipinski definition) is 4. The fourth-order valence-electron chi connectivity index (χ4n) is 2.20. The number of benzene rings is 2. The van der Waals surface area contributed by atoms with Crippen LogP contribution in [-0.2, 0) is 0 Å². The average Bonchev–Trinajstić information content (AvgIpc) is 2.59. The molecule has 1 N–H and O–H groups in total. The van der Waals surface area contributed by atoms with E-state index in [2.05, 4.69) is 0 Å². The molecular formula is C18H20O3S. The summed E-state index contributed by atoms with van der Waals surface area (Å²) in [7, 11) is 1.63. The summed E-state index contributed by atoms with van der Waals surface area (Å²) >= 11 is 1.60. The van der Waals surface area contributed by atoms with Crippen molar-refractivity contribution >= 4 is 17.5 Å². The third kappa shape index (κ3) is 4.61. The largest absolute Gasteiger partial charge is 0.497 e. The Hall–Kier alpha value is -1.78. The molecule has 0 bridgehead atoms. The Bertz CT molecular complexity index is 581. The Morgan fingerprint density at radius 3 is 2.41 bits per heavy atom. The van der Waals surface area contributed by atoms with Gasteiger partial charge in [-0.2, -0.15) is 11.8 Å². The molecule has 0 aliphatic heterocycles. The van der Waals surface area contributed by atoms with Crippen LogP contribution in [0.3, 0.4) is 0 Å². The Kier molecular flexibility index (Phi) is 6.49. The van der Waals surface area contributed by atoms with Gasteiger partial charge in [0.2, 0.25) is 0 Å². The molecule has 0 radical (unpaired) electrons. The Morgan fingerprint density at radius 1 is 1.14 bits per heavy atom. The lowest BCUT2D eigenvalue weighted by Crippen LogP contribution is -2.06. The van der Waals surface area contributed by atoms with Crippen LogP contribution in [0.5, 0.6) is 5.75 Å². The van der Waals surface area contributed by atoms with E-state index < -0.39 is 0 Å². The molecule has 0 spiro atoms. The van der Waals surface area contributed by atoms with Gasteiger partial charge in [0.25, 0.3) is 0 Å². The van der Waals surface area contributed by atoms with Gasteiger partial charge in [0.05, 0.1) is 13.7 Å². The van der Waals surface area contributed by atoms with E-state index in [9.17, 15) is 4.79 Å². The van der Waals surface area contributed by atoms with Crippen molar-refractivity contribution in [2.75, 3.05) is 19.5 Å². The quantitative estimate of drug-likeness (QED) is 0.754. The number of aliphatic hydroxyl groups is 1. The minimum absolute atomic E-state index is 0.0331. The number of ether oxygens (including phenoxy) is 1. The van der Waals surface area contributed by atoms with Gasteiger partial charge in [-0.05, 0) is 17.7 Å². The summed E-state index contributed by atoms with van der Waals surface area (Å²) in [5.41, 5.74) is 1.80. The highest BCUT2D eigenvalue weighted by atomic mass is 32.2. The zero-order valence-electron chi connectivity index (χ0n) is 12.6. The summed E-state index contributed by atoms with van der Waals surface area (Å²) in [5, 5.41) is 9.10. The maximum Gasteiger partial charge on any atom is 0.164 e. The number of Topliss-reactive ketones (excluding diaryl/α,β-unsaturated/α-hetero) is 1. The molecule has 0 unspecified atom stereocenters. The molecule has 0 saturated carbocycles. The zero-order valence-corrected chi connectivity index (χ0v) is 13.4. The second kappa shape index (κ2) is 8.61. The molecule has 0 fully saturated rings. The van der Waals surface area contributed by atoms with E-state index in [4.69, 9.17) is 9.84 Å². The van der Waals surface area contributed by atoms with E-state index in [0.29, 0.717) is 12.2 Å². The van der Waals surface area contributed by atoms with Gasteiger partial charge < -0.3 is 9.84 Å². The van der Waals surface area contributed by atoms with Crippen molar-refractivity contribution in [3.8, 4) is 5.75 Å². The number of ketones is 1. The fourth-order valence-corrected chi connectivity index (χ4v) is 3.21. The Balaban J connectivity index is 2.13. The van der Waals surface area contributed by atoms with Gasteiger partial charge in [0.15, 0.2) is 5.78 Å². The van der Waals surface area contributed by atoms with E-state index in [-0.39, 0.29) is 17.6 Å². The van der Waals surface area contributed by atoms with E-state index >= 15 is 0 Å². The first kappa shape index (κ1) is 16.6. The molecule has 0 aliphatic carbocycles. The predicted octanol–water partition coefficient (Wildman–Crippen LogP) is 3.73. The third-order valence-electron chi connectivity index (χ3n) is 3.36. The molecule has 2 aromatic rings. The standard InChI is InChI=1S/C18H20O3S/c1-21-16-9-7-15(8-10-16)18(22-12-11-19)13-17(20)14-5-3-2-4-6-14/h2-10,18-19H,11-13H2,1H3/t18-/m1/s1. The van der Waals surface area contributed by atoms with Crippen LogP contribution >= 0.6 is 11.8 Å². The molecule has 4 heteroatoms. The number of aliphatic hydroxyl groups excluding tert-OH is 1. The van der Waals surface area contributed by atoms with Crippen LogP contribution in [-0.4, -0.2) is 30.4 Å². The minimum atomic E-state index is 0.0331. The van der Waals surface area contributed by atoms with Crippen molar-refractivity contribution in [3.05, 3.63) is 65.7 Å². The van der Waals surface area contributed by atoms with Crippen molar-refractivity contribution in [2.45, 2.75) is 11.7 Å². The smallest absolute Gasteiger partial charge is 0.164 e. The van der Waals surface area contributed by atoms with E-state index in [1.807, 2.05) is 54.6 Å². The Morgan fingerprint density at radius 2 is 1.82 bits per heavy atom. The molecule has 0 heterocycles. The second-order valence-corrected chi connectivity index (χ2v) is 6.16. The molecular weight excluding hydrogens is 296 g/mol. The highest BCUT2D eigenvalue weighted by Gasteiger charge is 2.17. The summed E-state index contributed by atoms with van der Waals surface area (Å²) in [5.74, 6) is 1.52. The summed E-state index contributed by atoms with van der Waals surface area (Å²) in [4.78, 5) is 12.4. The summed E-state index contributed by atoms with van der Waals surface area (Å²) in [6.07, 6.45) is 0.418. The molecule has 1 atom stereocenters. The zero-order chi connectivity index (χ0) is 15.8. The highest BCUT2D eigenvalue weighted by molar-refractivity contribution is 7.99. The lowest BCUT2D eigenvalue weighted by atomic mass is 10.0. The van der Waals surface area contributed by atoms with Crippen LogP contribution in [0.15, 0.2) is 54.6 Å². The van der Waals surface area contributed by atoms with Crippen molar-refractivity contribution in [1.82, 2.24) is 0 Å². The second-order valence-electron chi connectivity index (χ2n) is 4.85. The average molecular weight is 316 g/mol. The van der Waals surface area contributed by atoms with Gasteiger partial charge in [-0.15, -0.1) is 0 Å². The first-order valence-electron chi connectivity index (χ1n) is 7.19. The maximum absolute atomic E-state index is 12.4. The van der Waals surface area contributed by atoms with Crippen LogP contribution in [0.2, 0.25) is 0 Å². The molecule has 2 aromatic carbocycles. The van der Waals surface area contributed by atoms with Crippen molar-refractivity contribution in [1.29, 1.82) is 0 Å². The lowest BCUT2D eigenvalue weighted by molar-refractivity contribution is 0.0982. The molecule has 0 saturated heterocycles. The Labute approximate surface area is 135 Å². The summed E-state index contributed by atoms with van der Waals surface area (Å²) < 4.78 is 5.17. The third-order valence-corrected chi connectivity index (χ3v) is 4.62. The van der Waals surface area contributed by atoms with Gasteiger partial charge in [-0.1, -0.05) is 42.5 Å². The molecule has 2 rings (SSSR count). The van der Waals surface area contributed by atoms with Crippen molar-refractivity contribution in [3.63, 3.8) is 0 Å². The van der Waals surface area contributed by atoms with Crippen molar-refractivity contribution < 1.29 is 14.6 Å². The number of hydrogen-bond donors (Lipinski definition) is 1. The molecule has 0 amide bonds. The number of carbonyl (C=O) groups excluding carboxylic acids is 1. The topological polar surface area (TPSA) is 46.5 Å². The van der Waals surface area contributed by atoms with Crippen LogP contribution < -0.4 is 4.74 Å². The van der Waals surface area contributed by atoms with E-state index in [1.165, 1.54) is 0 Å². The van der Waals surface area contributed by atoms with E-state index in [0.717, 1.165) is 16.9 Å². The van der Waals surface area contributed by atoms with Crippen LogP contribution in [0.25, 0.3) is 0 Å². The molecule has 0 aromatic heterocycles. The summed E-state index contributed by atoms with van der Waals surface area (Å²) in [6, 6.07) is 17.1.